The first-order valence-corrected chi connectivity index (χ1v) is 7.06. The Hall–Kier alpha value is -1.61. The van der Waals surface area contributed by atoms with Gasteiger partial charge in [0.2, 0.25) is 0 Å². The molecule has 0 aliphatic heterocycles. The molecule has 0 radical (unpaired) electrons. The number of hydrogen-bond acceptors (Lipinski definition) is 1. The SMILES string of the molecule is CC(C[NH3+])C1(O)c2ccccc2C=Cc2ccccc21.[Cl-]. The van der Waals surface area contributed by atoms with Crippen molar-refractivity contribution in [1.29, 1.82) is 0 Å². The van der Waals surface area contributed by atoms with Crippen LogP contribution in [0, 0.1) is 5.92 Å². The minimum absolute atomic E-state index is 0. The lowest BCUT2D eigenvalue weighted by Gasteiger charge is -2.35. The van der Waals surface area contributed by atoms with E-state index in [-0.39, 0.29) is 18.3 Å². The third-order valence-electron chi connectivity index (χ3n) is 4.33. The molecule has 0 fully saturated rings. The molecular weight excluding hydrogens is 282 g/mol. The van der Waals surface area contributed by atoms with Gasteiger partial charge in [0.15, 0.2) is 0 Å². The van der Waals surface area contributed by atoms with Crippen molar-refractivity contribution in [2.75, 3.05) is 6.54 Å². The monoisotopic (exact) mass is 301 g/mol. The number of aliphatic hydroxyl groups is 1. The molecule has 0 spiro atoms. The molecule has 2 aromatic rings. The van der Waals surface area contributed by atoms with Gasteiger partial charge in [-0.1, -0.05) is 67.6 Å². The first kappa shape index (κ1) is 15.8. The van der Waals surface area contributed by atoms with Crippen molar-refractivity contribution < 1.29 is 23.2 Å². The molecule has 0 aromatic heterocycles. The van der Waals surface area contributed by atoms with E-state index in [1.807, 2.05) is 36.4 Å². The highest BCUT2D eigenvalue weighted by molar-refractivity contribution is 5.77. The summed E-state index contributed by atoms with van der Waals surface area (Å²) in [5, 5.41) is 11.5. The second-order valence-corrected chi connectivity index (χ2v) is 5.46. The van der Waals surface area contributed by atoms with Crippen molar-refractivity contribution in [3.63, 3.8) is 0 Å². The second-order valence-electron chi connectivity index (χ2n) is 5.46. The van der Waals surface area contributed by atoms with Gasteiger partial charge in [-0.25, -0.2) is 0 Å². The van der Waals surface area contributed by atoms with E-state index in [1.165, 1.54) is 0 Å². The summed E-state index contributed by atoms with van der Waals surface area (Å²) in [7, 11) is 0. The molecule has 1 aliphatic rings. The fourth-order valence-electron chi connectivity index (χ4n) is 3.04. The van der Waals surface area contributed by atoms with Gasteiger partial charge in [-0.05, 0) is 22.3 Å². The van der Waals surface area contributed by atoms with Gasteiger partial charge in [-0.2, -0.15) is 0 Å². The molecule has 0 heterocycles. The van der Waals surface area contributed by atoms with E-state index >= 15 is 0 Å². The van der Waals surface area contributed by atoms with Gasteiger partial charge in [0.05, 0.1) is 6.54 Å². The molecule has 0 amide bonds. The number of fused-ring (bicyclic) bond motifs is 2. The summed E-state index contributed by atoms with van der Waals surface area (Å²) in [5.74, 6) is 0.0460. The quantitative estimate of drug-likeness (QED) is 0.756. The standard InChI is InChI=1S/C18H19NO.ClH/c1-13(12-19)18(20)16-8-4-2-6-14(16)10-11-15-7-3-5-9-17(15)18;/h2-11,13,20H,12,19H2,1H3;1H. The molecule has 3 heteroatoms. The van der Waals surface area contributed by atoms with Crippen LogP contribution in [0.1, 0.15) is 29.2 Å². The van der Waals surface area contributed by atoms with Gasteiger partial charge >= 0.3 is 0 Å². The molecule has 0 saturated heterocycles. The average Bonchev–Trinajstić information content (AvgIpc) is 2.64. The number of quaternary nitrogens is 1. The lowest BCUT2D eigenvalue weighted by molar-refractivity contribution is -0.385. The predicted octanol–water partition coefficient (Wildman–Crippen LogP) is -0.712. The van der Waals surface area contributed by atoms with Crippen molar-refractivity contribution in [3.8, 4) is 0 Å². The van der Waals surface area contributed by atoms with Gasteiger partial charge in [0, 0.05) is 5.92 Å². The Balaban J connectivity index is 0.00000161. The van der Waals surface area contributed by atoms with Crippen LogP contribution in [-0.4, -0.2) is 11.7 Å². The molecule has 4 N–H and O–H groups in total. The minimum atomic E-state index is -0.988. The second kappa shape index (κ2) is 6.02. The molecule has 2 nitrogen and oxygen atoms in total. The fraction of sp³-hybridized carbons (Fsp3) is 0.222. The van der Waals surface area contributed by atoms with Crippen molar-refractivity contribution in [1.82, 2.24) is 0 Å². The zero-order valence-electron chi connectivity index (χ0n) is 12.1. The summed E-state index contributed by atoms with van der Waals surface area (Å²) >= 11 is 0. The first-order chi connectivity index (χ1) is 9.67. The van der Waals surface area contributed by atoms with E-state index in [2.05, 4.69) is 36.9 Å². The molecule has 110 valence electrons. The first-order valence-electron chi connectivity index (χ1n) is 7.06. The number of halogens is 1. The van der Waals surface area contributed by atoms with Gasteiger partial charge in [0.1, 0.15) is 5.60 Å². The lowest BCUT2D eigenvalue weighted by Crippen LogP contribution is -3.00. The molecule has 0 saturated carbocycles. The third kappa shape index (κ3) is 2.40. The highest BCUT2D eigenvalue weighted by Crippen LogP contribution is 2.42. The van der Waals surface area contributed by atoms with Crippen LogP contribution in [0.25, 0.3) is 12.2 Å². The molecule has 1 atom stereocenters. The molecule has 2 aromatic carbocycles. The maximum Gasteiger partial charge on any atom is 0.124 e. The van der Waals surface area contributed by atoms with E-state index in [0.717, 1.165) is 22.3 Å². The van der Waals surface area contributed by atoms with Crippen molar-refractivity contribution in [3.05, 3.63) is 70.8 Å². The van der Waals surface area contributed by atoms with Crippen LogP contribution < -0.4 is 18.1 Å². The van der Waals surface area contributed by atoms with Crippen LogP contribution >= 0.6 is 0 Å². The highest BCUT2D eigenvalue weighted by Gasteiger charge is 2.41. The van der Waals surface area contributed by atoms with Crippen molar-refractivity contribution in [2.24, 2.45) is 5.92 Å². The zero-order valence-corrected chi connectivity index (χ0v) is 12.8. The number of hydrogen-bond donors (Lipinski definition) is 2. The zero-order chi connectivity index (χ0) is 14.2. The summed E-state index contributed by atoms with van der Waals surface area (Å²) in [4.78, 5) is 0. The predicted molar refractivity (Wildman–Crippen MR) is 81.7 cm³/mol. The maximum atomic E-state index is 11.5. The summed E-state index contributed by atoms with van der Waals surface area (Å²) < 4.78 is 0. The van der Waals surface area contributed by atoms with Crippen molar-refractivity contribution >= 4 is 12.2 Å². The maximum absolute atomic E-state index is 11.5. The van der Waals surface area contributed by atoms with Crippen LogP contribution in [0.5, 0.6) is 0 Å². The number of rotatable bonds is 2. The Bertz CT molecular complexity index is 616. The van der Waals surface area contributed by atoms with E-state index in [9.17, 15) is 5.11 Å². The number of benzene rings is 2. The minimum Gasteiger partial charge on any atom is -1.00 e. The van der Waals surface area contributed by atoms with Crippen LogP contribution in [-0.2, 0) is 5.60 Å². The van der Waals surface area contributed by atoms with E-state index in [1.54, 1.807) is 0 Å². The fourth-order valence-corrected chi connectivity index (χ4v) is 3.04. The smallest absolute Gasteiger partial charge is 0.124 e. The Morgan fingerprint density at radius 1 is 0.952 bits per heavy atom. The van der Waals surface area contributed by atoms with Crippen LogP contribution in [0.2, 0.25) is 0 Å². The molecule has 3 rings (SSSR count). The molecule has 1 aliphatic carbocycles. The molecule has 1 unspecified atom stereocenters. The van der Waals surface area contributed by atoms with E-state index in [0.29, 0.717) is 6.54 Å². The van der Waals surface area contributed by atoms with Crippen LogP contribution in [0.4, 0.5) is 0 Å². The van der Waals surface area contributed by atoms with Crippen LogP contribution in [0.3, 0.4) is 0 Å². The Morgan fingerprint density at radius 2 is 1.38 bits per heavy atom. The van der Waals surface area contributed by atoms with E-state index < -0.39 is 5.60 Å². The Morgan fingerprint density at radius 3 is 1.81 bits per heavy atom. The molecular formula is C18H20ClNO. The van der Waals surface area contributed by atoms with Crippen molar-refractivity contribution in [2.45, 2.75) is 12.5 Å². The summed E-state index contributed by atoms with van der Waals surface area (Å²) in [6.07, 6.45) is 4.17. The average molecular weight is 302 g/mol. The van der Waals surface area contributed by atoms with Crippen LogP contribution in [0.15, 0.2) is 48.5 Å². The third-order valence-corrected chi connectivity index (χ3v) is 4.33. The van der Waals surface area contributed by atoms with Gasteiger partial charge in [-0.15, -0.1) is 0 Å². The molecule has 21 heavy (non-hydrogen) atoms. The summed E-state index contributed by atoms with van der Waals surface area (Å²) in [6, 6.07) is 16.1. The topological polar surface area (TPSA) is 47.9 Å². The Labute approximate surface area is 131 Å². The van der Waals surface area contributed by atoms with Gasteiger partial charge in [-0.3, -0.25) is 0 Å². The van der Waals surface area contributed by atoms with Gasteiger partial charge in [0.25, 0.3) is 0 Å². The van der Waals surface area contributed by atoms with E-state index in [4.69, 9.17) is 0 Å². The summed E-state index contributed by atoms with van der Waals surface area (Å²) in [6.45, 7) is 2.74. The largest absolute Gasteiger partial charge is 1.00 e. The van der Waals surface area contributed by atoms with Gasteiger partial charge < -0.3 is 23.2 Å². The normalized spacial score (nSPS) is 16.1. The highest BCUT2D eigenvalue weighted by atomic mass is 35.5. The summed E-state index contributed by atoms with van der Waals surface area (Å²) in [5.41, 5.74) is 7.10. The lowest BCUT2D eigenvalue weighted by atomic mass is 9.75. The molecule has 0 bridgehead atoms. The Kier molecular flexibility index (Phi) is 4.52.